The average molecular weight is 296 g/mol. The van der Waals surface area contributed by atoms with Gasteiger partial charge in [-0.3, -0.25) is 14.6 Å². The summed E-state index contributed by atoms with van der Waals surface area (Å²) in [5.74, 6) is -0.124. The molecule has 1 N–H and O–H groups in total. The number of amides is 1. The number of benzene rings is 1. The Bertz CT molecular complexity index is 621. The van der Waals surface area contributed by atoms with Crippen LogP contribution in [0.15, 0.2) is 48.8 Å². The van der Waals surface area contributed by atoms with Crippen molar-refractivity contribution in [1.29, 1.82) is 0 Å². The van der Waals surface area contributed by atoms with Gasteiger partial charge in [-0.15, -0.1) is 0 Å². The molecule has 0 fully saturated rings. The van der Waals surface area contributed by atoms with E-state index in [0.29, 0.717) is 12.1 Å². The fraction of sp³-hybridized carbons (Fsp3) is 0.278. The minimum Gasteiger partial charge on any atom is -0.352 e. The Kier molecular flexibility index (Phi) is 5.83. The van der Waals surface area contributed by atoms with E-state index in [2.05, 4.69) is 17.2 Å². The van der Waals surface area contributed by atoms with Crippen LogP contribution in [-0.2, 0) is 17.8 Å². The highest BCUT2D eigenvalue weighted by atomic mass is 16.2. The van der Waals surface area contributed by atoms with E-state index in [1.165, 1.54) is 5.56 Å². The largest absolute Gasteiger partial charge is 0.352 e. The molecule has 1 aromatic carbocycles. The Morgan fingerprint density at radius 3 is 2.45 bits per heavy atom. The summed E-state index contributed by atoms with van der Waals surface area (Å²) in [7, 11) is 0. The summed E-state index contributed by atoms with van der Waals surface area (Å²) in [5.41, 5.74) is 2.81. The van der Waals surface area contributed by atoms with Gasteiger partial charge in [0.25, 0.3) is 0 Å². The molecule has 0 saturated carbocycles. The summed E-state index contributed by atoms with van der Waals surface area (Å²) < 4.78 is 0. The summed E-state index contributed by atoms with van der Waals surface area (Å²) in [6, 6.07) is 11.3. The topological polar surface area (TPSA) is 59.1 Å². The number of aromatic nitrogens is 1. The van der Waals surface area contributed by atoms with Crippen LogP contribution in [0.3, 0.4) is 0 Å². The molecule has 1 heterocycles. The summed E-state index contributed by atoms with van der Waals surface area (Å²) in [4.78, 5) is 27.8. The van der Waals surface area contributed by atoms with Gasteiger partial charge in [-0.2, -0.15) is 0 Å². The van der Waals surface area contributed by atoms with Crippen LogP contribution in [0.25, 0.3) is 0 Å². The Morgan fingerprint density at radius 2 is 1.82 bits per heavy atom. The molecule has 2 rings (SSSR count). The zero-order chi connectivity index (χ0) is 15.8. The molecule has 1 amide bonds. The smallest absolute Gasteiger partial charge is 0.220 e. The van der Waals surface area contributed by atoms with Gasteiger partial charge in [-0.05, 0) is 23.6 Å². The van der Waals surface area contributed by atoms with Crippen LogP contribution in [0.5, 0.6) is 0 Å². The van der Waals surface area contributed by atoms with Crippen molar-refractivity contribution in [2.45, 2.75) is 32.7 Å². The van der Waals surface area contributed by atoms with E-state index in [-0.39, 0.29) is 24.5 Å². The Hall–Kier alpha value is -2.49. The molecule has 4 heteroatoms. The number of pyridine rings is 1. The lowest BCUT2D eigenvalue weighted by Gasteiger charge is -2.05. The standard InChI is InChI=1S/C18H20N2O2/c1-2-14-5-7-16(8-6-14)17(21)9-10-18(22)20-13-15-4-3-11-19-12-15/h3-8,11-12H,2,9-10,13H2,1H3,(H,20,22). The van der Waals surface area contributed by atoms with Crippen molar-refractivity contribution in [2.75, 3.05) is 0 Å². The number of nitrogens with zero attached hydrogens (tertiary/aromatic N) is 1. The maximum atomic E-state index is 12.0. The highest BCUT2D eigenvalue weighted by molar-refractivity contribution is 5.97. The first kappa shape index (κ1) is 15.9. The van der Waals surface area contributed by atoms with E-state index in [0.717, 1.165) is 12.0 Å². The Morgan fingerprint density at radius 1 is 1.05 bits per heavy atom. The van der Waals surface area contributed by atoms with Crippen molar-refractivity contribution < 1.29 is 9.59 Å². The minimum absolute atomic E-state index is 0.000758. The van der Waals surface area contributed by atoms with E-state index in [1.54, 1.807) is 12.4 Å². The van der Waals surface area contributed by atoms with Crippen LogP contribution in [0.2, 0.25) is 0 Å². The normalized spacial score (nSPS) is 10.2. The van der Waals surface area contributed by atoms with Crippen LogP contribution in [0.4, 0.5) is 0 Å². The molecular weight excluding hydrogens is 276 g/mol. The molecule has 114 valence electrons. The molecule has 1 aromatic heterocycles. The van der Waals surface area contributed by atoms with Crippen molar-refractivity contribution in [3.8, 4) is 0 Å². The van der Waals surface area contributed by atoms with Crippen molar-refractivity contribution in [1.82, 2.24) is 10.3 Å². The number of nitrogens with one attached hydrogen (secondary N) is 1. The predicted octanol–water partition coefficient (Wildman–Crippen LogP) is 2.92. The van der Waals surface area contributed by atoms with Crippen molar-refractivity contribution in [2.24, 2.45) is 0 Å². The van der Waals surface area contributed by atoms with Crippen LogP contribution >= 0.6 is 0 Å². The maximum absolute atomic E-state index is 12.0. The van der Waals surface area contributed by atoms with Gasteiger partial charge in [0.2, 0.25) is 5.91 Å². The van der Waals surface area contributed by atoms with Crippen LogP contribution in [0, 0.1) is 0 Å². The first-order valence-electron chi connectivity index (χ1n) is 7.46. The van der Waals surface area contributed by atoms with Gasteiger partial charge in [-0.25, -0.2) is 0 Å². The second kappa shape index (κ2) is 8.08. The molecule has 0 spiro atoms. The number of carbonyl (C=O) groups is 2. The first-order valence-corrected chi connectivity index (χ1v) is 7.46. The zero-order valence-electron chi connectivity index (χ0n) is 12.7. The van der Waals surface area contributed by atoms with Gasteiger partial charge >= 0.3 is 0 Å². The second-order valence-electron chi connectivity index (χ2n) is 5.11. The number of ketones is 1. The number of carbonyl (C=O) groups excluding carboxylic acids is 2. The van der Waals surface area contributed by atoms with Gasteiger partial charge in [0, 0.05) is 37.3 Å². The molecule has 0 atom stereocenters. The Balaban J connectivity index is 1.76. The third-order valence-corrected chi connectivity index (χ3v) is 3.48. The third-order valence-electron chi connectivity index (χ3n) is 3.48. The van der Waals surface area contributed by atoms with E-state index in [4.69, 9.17) is 0 Å². The van der Waals surface area contributed by atoms with Crippen LogP contribution in [0.1, 0.15) is 41.3 Å². The molecule has 0 radical (unpaired) electrons. The molecule has 0 aliphatic carbocycles. The fourth-order valence-electron chi connectivity index (χ4n) is 2.09. The lowest BCUT2D eigenvalue weighted by atomic mass is 10.0. The summed E-state index contributed by atoms with van der Waals surface area (Å²) in [6.07, 6.45) is 4.78. The SMILES string of the molecule is CCc1ccc(C(=O)CCC(=O)NCc2cccnc2)cc1. The number of hydrogen-bond donors (Lipinski definition) is 1. The Labute approximate surface area is 130 Å². The molecule has 0 aliphatic heterocycles. The quantitative estimate of drug-likeness (QED) is 0.799. The zero-order valence-corrected chi connectivity index (χ0v) is 12.7. The van der Waals surface area contributed by atoms with Gasteiger partial charge in [0.15, 0.2) is 5.78 Å². The maximum Gasteiger partial charge on any atom is 0.220 e. The summed E-state index contributed by atoms with van der Waals surface area (Å²) in [6.45, 7) is 2.51. The molecular formula is C18H20N2O2. The van der Waals surface area contributed by atoms with E-state index < -0.39 is 0 Å². The summed E-state index contributed by atoms with van der Waals surface area (Å²) >= 11 is 0. The van der Waals surface area contributed by atoms with E-state index in [1.807, 2.05) is 36.4 Å². The first-order chi connectivity index (χ1) is 10.7. The third kappa shape index (κ3) is 4.81. The predicted molar refractivity (Wildman–Crippen MR) is 85.5 cm³/mol. The van der Waals surface area contributed by atoms with Gasteiger partial charge < -0.3 is 5.32 Å². The molecule has 0 unspecified atom stereocenters. The lowest BCUT2D eigenvalue weighted by Crippen LogP contribution is -2.23. The van der Waals surface area contributed by atoms with Gasteiger partial charge in [0.1, 0.15) is 0 Å². The van der Waals surface area contributed by atoms with Gasteiger partial charge in [0.05, 0.1) is 0 Å². The average Bonchev–Trinajstić information content (AvgIpc) is 2.58. The lowest BCUT2D eigenvalue weighted by molar-refractivity contribution is -0.121. The molecule has 0 saturated heterocycles. The fourth-order valence-corrected chi connectivity index (χ4v) is 2.09. The highest BCUT2D eigenvalue weighted by Gasteiger charge is 2.09. The van der Waals surface area contributed by atoms with Crippen LogP contribution < -0.4 is 5.32 Å². The molecule has 4 nitrogen and oxygen atoms in total. The molecule has 0 aliphatic rings. The second-order valence-corrected chi connectivity index (χ2v) is 5.11. The van der Waals surface area contributed by atoms with Crippen molar-refractivity contribution in [3.63, 3.8) is 0 Å². The summed E-state index contributed by atoms with van der Waals surface area (Å²) in [5, 5.41) is 2.79. The minimum atomic E-state index is -0.123. The molecule has 0 bridgehead atoms. The van der Waals surface area contributed by atoms with Gasteiger partial charge in [-0.1, -0.05) is 37.3 Å². The molecule has 2 aromatic rings. The number of Topliss-reactive ketones (excluding diaryl/α,β-unsaturated/α-hetero) is 1. The monoisotopic (exact) mass is 296 g/mol. The highest BCUT2D eigenvalue weighted by Crippen LogP contribution is 2.09. The number of hydrogen-bond acceptors (Lipinski definition) is 3. The van der Waals surface area contributed by atoms with E-state index in [9.17, 15) is 9.59 Å². The van der Waals surface area contributed by atoms with E-state index >= 15 is 0 Å². The molecule has 22 heavy (non-hydrogen) atoms. The van der Waals surface area contributed by atoms with Crippen LogP contribution in [-0.4, -0.2) is 16.7 Å². The van der Waals surface area contributed by atoms with Crippen molar-refractivity contribution >= 4 is 11.7 Å². The van der Waals surface area contributed by atoms with Crippen molar-refractivity contribution in [3.05, 3.63) is 65.5 Å². The number of rotatable bonds is 7. The number of aryl methyl sites for hydroxylation is 1.